The molecule has 1 fully saturated rings. The van der Waals surface area contributed by atoms with E-state index in [4.69, 9.17) is 4.84 Å². The van der Waals surface area contributed by atoms with Crippen molar-refractivity contribution in [1.82, 2.24) is 10.6 Å². The molecule has 1 aromatic carbocycles. The molecule has 1 aliphatic heterocycles. The van der Waals surface area contributed by atoms with Crippen molar-refractivity contribution in [3.63, 3.8) is 0 Å². The van der Waals surface area contributed by atoms with E-state index < -0.39 is 0 Å². The second-order valence-electron chi connectivity index (χ2n) is 5.57. The Bertz CT molecular complexity index is 582. The standard InChI is InChI=1S/C16H19N3O3/c20-15(12-6-7-12)17-8-9-18-16(21)13-10-14(22-19-13)11-4-2-1-3-5-11/h1-5,12,14H,6-10H2,(H,17,20)(H,18,21)/t14-/m0/s1. The van der Waals surface area contributed by atoms with Gasteiger partial charge in [-0.05, 0) is 18.4 Å². The van der Waals surface area contributed by atoms with Gasteiger partial charge in [-0.1, -0.05) is 35.5 Å². The highest BCUT2D eigenvalue weighted by molar-refractivity contribution is 6.39. The lowest BCUT2D eigenvalue weighted by molar-refractivity contribution is -0.122. The van der Waals surface area contributed by atoms with E-state index in [9.17, 15) is 9.59 Å². The fourth-order valence-electron chi connectivity index (χ4n) is 2.31. The summed E-state index contributed by atoms with van der Waals surface area (Å²) in [5.41, 5.74) is 1.40. The van der Waals surface area contributed by atoms with Crippen molar-refractivity contribution < 1.29 is 14.4 Å². The number of nitrogens with zero attached hydrogens (tertiary/aromatic N) is 1. The van der Waals surface area contributed by atoms with Gasteiger partial charge < -0.3 is 15.5 Å². The average Bonchev–Trinajstić information content (AvgIpc) is 3.29. The molecule has 0 spiro atoms. The highest BCUT2D eigenvalue weighted by atomic mass is 16.6. The predicted octanol–water partition coefficient (Wildman–Crippen LogP) is 1.15. The second kappa shape index (κ2) is 6.60. The summed E-state index contributed by atoms with van der Waals surface area (Å²) in [4.78, 5) is 28.7. The largest absolute Gasteiger partial charge is 0.387 e. The van der Waals surface area contributed by atoms with Crippen molar-refractivity contribution in [3.05, 3.63) is 35.9 Å². The third kappa shape index (κ3) is 3.63. The van der Waals surface area contributed by atoms with Crippen LogP contribution in [-0.2, 0) is 14.4 Å². The summed E-state index contributed by atoms with van der Waals surface area (Å²) < 4.78 is 0. The molecule has 6 nitrogen and oxygen atoms in total. The molecule has 0 saturated heterocycles. The summed E-state index contributed by atoms with van der Waals surface area (Å²) in [6, 6.07) is 9.70. The molecule has 0 radical (unpaired) electrons. The highest BCUT2D eigenvalue weighted by Crippen LogP contribution is 2.28. The van der Waals surface area contributed by atoms with Crippen LogP contribution in [0.25, 0.3) is 0 Å². The molecule has 22 heavy (non-hydrogen) atoms. The molecule has 2 aliphatic rings. The number of carbonyl (C=O) groups is 2. The lowest BCUT2D eigenvalue weighted by Gasteiger charge is -2.08. The first-order valence-corrected chi connectivity index (χ1v) is 7.57. The molecule has 0 bridgehead atoms. The van der Waals surface area contributed by atoms with Crippen LogP contribution in [0.4, 0.5) is 0 Å². The van der Waals surface area contributed by atoms with Crippen LogP contribution >= 0.6 is 0 Å². The van der Waals surface area contributed by atoms with E-state index in [1.807, 2.05) is 30.3 Å². The van der Waals surface area contributed by atoms with Gasteiger partial charge >= 0.3 is 0 Å². The molecule has 0 aromatic heterocycles. The number of hydrogen-bond donors (Lipinski definition) is 2. The highest BCUT2D eigenvalue weighted by Gasteiger charge is 2.29. The molecule has 0 unspecified atom stereocenters. The van der Waals surface area contributed by atoms with Crippen LogP contribution in [-0.4, -0.2) is 30.6 Å². The van der Waals surface area contributed by atoms with Crippen LogP contribution in [0, 0.1) is 5.92 Å². The van der Waals surface area contributed by atoms with Crippen molar-refractivity contribution in [2.24, 2.45) is 11.1 Å². The first-order valence-electron chi connectivity index (χ1n) is 7.57. The van der Waals surface area contributed by atoms with Crippen LogP contribution in [0.1, 0.15) is 30.9 Å². The van der Waals surface area contributed by atoms with Crippen molar-refractivity contribution >= 4 is 17.5 Å². The van der Waals surface area contributed by atoms with Crippen molar-refractivity contribution in [1.29, 1.82) is 0 Å². The average molecular weight is 301 g/mol. The van der Waals surface area contributed by atoms with Gasteiger partial charge in [0.05, 0.1) is 0 Å². The van der Waals surface area contributed by atoms with Crippen molar-refractivity contribution in [3.8, 4) is 0 Å². The van der Waals surface area contributed by atoms with Gasteiger partial charge in [0.15, 0.2) is 6.10 Å². The zero-order valence-corrected chi connectivity index (χ0v) is 12.2. The zero-order chi connectivity index (χ0) is 15.4. The SMILES string of the molecule is O=C(NCCNC(=O)C1CC1)C1=NO[C@H](c2ccccc2)C1. The van der Waals surface area contributed by atoms with E-state index in [2.05, 4.69) is 15.8 Å². The number of nitrogens with one attached hydrogen (secondary N) is 2. The maximum absolute atomic E-state index is 12.0. The Hall–Kier alpha value is -2.37. The Morgan fingerprint density at radius 2 is 1.86 bits per heavy atom. The van der Waals surface area contributed by atoms with E-state index in [0.717, 1.165) is 18.4 Å². The number of oxime groups is 1. The fourth-order valence-corrected chi connectivity index (χ4v) is 2.31. The lowest BCUT2D eigenvalue weighted by Crippen LogP contribution is -2.38. The molecule has 1 saturated carbocycles. The van der Waals surface area contributed by atoms with Gasteiger partial charge in [0.25, 0.3) is 5.91 Å². The van der Waals surface area contributed by atoms with Gasteiger partial charge in [-0.15, -0.1) is 0 Å². The summed E-state index contributed by atoms with van der Waals surface area (Å²) >= 11 is 0. The molecule has 1 aromatic rings. The van der Waals surface area contributed by atoms with Gasteiger partial charge in [-0.25, -0.2) is 0 Å². The van der Waals surface area contributed by atoms with Crippen LogP contribution in [0.2, 0.25) is 0 Å². The molecule has 3 rings (SSSR count). The van der Waals surface area contributed by atoms with Gasteiger partial charge in [-0.3, -0.25) is 9.59 Å². The maximum Gasteiger partial charge on any atom is 0.269 e. The Balaban J connectivity index is 1.38. The summed E-state index contributed by atoms with van der Waals surface area (Å²) in [5, 5.41) is 9.41. The van der Waals surface area contributed by atoms with Crippen LogP contribution in [0.15, 0.2) is 35.5 Å². The van der Waals surface area contributed by atoms with E-state index in [0.29, 0.717) is 25.2 Å². The van der Waals surface area contributed by atoms with Gasteiger partial charge in [-0.2, -0.15) is 0 Å². The number of carbonyl (C=O) groups excluding carboxylic acids is 2. The molecule has 2 N–H and O–H groups in total. The Morgan fingerprint density at radius 3 is 2.59 bits per heavy atom. The van der Waals surface area contributed by atoms with E-state index in [-0.39, 0.29) is 23.8 Å². The minimum absolute atomic E-state index is 0.0833. The Kier molecular flexibility index (Phi) is 4.37. The molecule has 1 aliphatic carbocycles. The maximum atomic E-state index is 12.0. The minimum atomic E-state index is -0.237. The van der Waals surface area contributed by atoms with Crippen LogP contribution in [0.5, 0.6) is 0 Å². The van der Waals surface area contributed by atoms with Gasteiger partial charge in [0.1, 0.15) is 5.71 Å². The topological polar surface area (TPSA) is 79.8 Å². The third-order valence-corrected chi connectivity index (χ3v) is 3.76. The van der Waals surface area contributed by atoms with E-state index in [1.165, 1.54) is 0 Å². The molecule has 1 atom stereocenters. The number of amides is 2. The molecule has 2 amide bonds. The number of rotatable bonds is 6. The van der Waals surface area contributed by atoms with E-state index in [1.54, 1.807) is 0 Å². The zero-order valence-electron chi connectivity index (χ0n) is 12.2. The predicted molar refractivity (Wildman–Crippen MR) is 81.1 cm³/mol. The fraction of sp³-hybridized carbons (Fsp3) is 0.438. The summed E-state index contributed by atoms with van der Waals surface area (Å²) in [6.45, 7) is 0.837. The number of benzene rings is 1. The Labute approximate surface area is 128 Å². The quantitative estimate of drug-likeness (QED) is 0.773. The second-order valence-corrected chi connectivity index (χ2v) is 5.57. The monoisotopic (exact) mass is 301 g/mol. The summed E-state index contributed by atoms with van der Waals surface area (Å²) in [7, 11) is 0. The minimum Gasteiger partial charge on any atom is -0.387 e. The van der Waals surface area contributed by atoms with Crippen LogP contribution < -0.4 is 10.6 Å². The molecular weight excluding hydrogens is 282 g/mol. The van der Waals surface area contributed by atoms with Gasteiger partial charge in [0.2, 0.25) is 5.91 Å². The van der Waals surface area contributed by atoms with E-state index >= 15 is 0 Å². The first-order chi connectivity index (χ1) is 10.7. The lowest BCUT2D eigenvalue weighted by atomic mass is 10.0. The Morgan fingerprint density at radius 1 is 1.14 bits per heavy atom. The number of hydrogen-bond acceptors (Lipinski definition) is 4. The molecular formula is C16H19N3O3. The van der Waals surface area contributed by atoms with Crippen LogP contribution in [0.3, 0.4) is 0 Å². The normalized spacial score (nSPS) is 20.0. The van der Waals surface area contributed by atoms with Crippen molar-refractivity contribution in [2.75, 3.05) is 13.1 Å². The first kappa shape index (κ1) is 14.6. The third-order valence-electron chi connectivity index (χ3n) is 3.76. The van der Waals surface area contributed by atoms with Crippen molar-refractivity contribution in [2.45, 2.75) is 25.4 Å². The summed E-state index contributed by atoms with van der Waals surface area (Å²) in [6.07, 6.45) is 2.22. The molecule has 6 heteroatoms. The van der Waals surface area contributed by atoms with Gasteiger partial charge in [0, 0.05) is 25.4 Å². The smallest absolute Gasteiger partial charge is 0.269 e. The summed E-state index contributed by atoms with van der Waals surface area (Å²) in [5.74, 6) is 0.0361. The molecule has 1 heterocycles. The molecule has 116 valence electrons.